The molecule has 0 aromatic heterocycles. The quantitative estimate of drug-likeness (QED) is 0.0804. The monoisotopic (exact) mass is 1090 g/mol. The Kier molecular flexibility index (Phi) is 23.2. The van der Waals surface area contributed by atoms with Crippen molar-refractivity contribution < 1.29 is 80.8 Å². The van der Waals surface area contributed by atoms with Crippen molar-refractivity contribution in [3.05, 3.63) is 29.8 Å². The second-order valence-electron chi connectivity index (χ2n) is 22.4. The van der Waals surface area contributed by atoms with Gasteiger partial charge in [0.15, 0.2) is 22.4 Å². The molecule has 3 fully saturated rings. The Balaban J connectivity index is 1.71. The minimum Gasteiger partial charge on any atom is -0.459 e. The number of cyclic esters (lactones) is 1. The van der Waals surface area contributed by atoms with E-state index in [0.717, 1.165) is 12.7 Å². The molecule has 0 saturated carbocycles. The molecule has 75 heavy (non-hydrogen) atoms. The molecule has 3 heterocycles. The van der Waals surface area contributed by atoms with Crippen molar-refractivity contribution in [2.45, 2.75) is 216 Å². The maximum absolute atomic E-state index is 14.6. The smallest absolute Gasteiger partial charge is 0.311 e. The molecule has 0 spiro atoms. The number of benzene rings is 1. The molecule has 1 aromatic carbocycles. The van der Waals surface area contributed by atoms with Crippen LogP contribution in [0.25, 0.3) is 0 Å². The van der Waals surface area contributed by atoms with E-state index in [4.69, 9.17) is 33.2 Å². The van der Waals surface area contributed by atoms with Gasteiger partial charge >= 0.3 is 5.97 Å². The van der Waals surface area contributed by atoms with Crippen molar-refractivity contribution in [2.75, 3.05) is 53.8 Å². The number of nitrogens with zero attached hydrogens (tertiary/aromatic N) is 1. The number of nitrogens with one attached hydrogen (secondary N) is 2. The van der Waals surface area contributed by atoms with Gasteiger partial charge in [0.1, 0.15) is 41.5 Å². The number of aliphatic hydroxyl groups excluding tert-OH is 2. The van der Waals surface area contributed by atoms with Crippen LogP contribution in [-0.4, -0.2) is 195 Å². The second-order valence-corrected chi connectivity index (χ2v) is 24.5. The van der Waals surface area contributed by atoms with Crippen LogP contribution in [0.1, 0.15) is 120 Å². The molecule has 3 aliphatic heterocycles. The van der Waals surface area contributed by atoms with Crippen molar-refractivity contribution in [1.82, 2.24) is 15.5 Å². The summed E-state index contributed by atoms with van der Waals surface area (Å²) in [5.74, 6) is -5.54. The fraction of sp³-hybridized carbons (Fsp3) is 0.833. The van der Waals surface area contributed by atoms with Gasteiger partial charge in [-0.15, -0.1) is 0 Å². The van der Waals surface area contributed by atoms with Crippen LogP contribution in [0.4, 0.5) is 4.39 Å². The van der Waals surface area contributed by atoms with Gasteiger partial charge in [-0.1, -0.05) is 46.8 Å². The lowest BCUT2D eigenvalue weighted by Gasteiger charge is -2.54. The number of amides is 1. The van der Waals surface area contributed by atoms with Gasteiger partial charge in [-0.05, 0) is 105 Å². The van der Waals surface area contributed by atoms with Gasteiger partial charge in [-0.25, -0.2) is 12.8 Å². The summed E-state index contributed by atoms with van der Waals surface area (Å²) in [5.41, 5.74) is -5.55. The number of methoxy groups -OCH3 is 2. The van der Waals surface area contributed by atoms with E-state index in [1.54, 1.807) is 67.6 Å². The average molecular weight is 1090 g/mol. The first kappa shape index (κ1) is 64.8. The first-order valence-corrected chi connectivity index (χ1v) is 28.6. The Morgan fingerprint density at radius 1 is 0.947 bits per heavy atom. The number of halogens is 1. The number of hydrogen-bond acceptors (Lipinski definition) is 18. The highest BCUT2D eigenvalue weighted by Crippen LogP contribution is 2.44. The van der Waals surface area contributed by atoms with E-state index >= 15 is 0 Å². The number of alkyl halides is 1. The molecule has 0 aliphatic carbocycles. The number of likely N-dealkylation sites (N-methyl/N-ethyl adjacent to an activating group) is 1. The number of Topliss-reactive ketones (excluding diaryl/α,β-unsaturated/α-hetero) is 1. The number of carbonyl (C=O) groups excluding carboxylic acids is 3. The lowest BCUT2D eigenvalue weighted by molar-refractivity contribution is -0.337. The minimum atomic E-state index is -3.42. The number of aliphatic hydroxyl groups is 4. The van der Waals surface area contributed by atoms with Crippen molar-refractivity contribution in [3.8, 4) is 0 Å². The van der Waals surface area contributed by atoms with E-state index < -0.39 is 148 Å². The minimum absolute atomic E-state index is 0.00155. The molecule has 0 radical (unpaired) electrons. The van der Waals surface area contributed by atoms with Crippen molar-refractivity contribution in [2.24, 2.45) is 23.7 Å². The average Bonchev–Trinajstić information content (AvgIpc) is 3.36. The summed E-state index contributed by atoms with van der Waals surface area (Å²) in [6, 6.07) is 4.57. The van der Waals surface area contributed by atoms with Gasteiger partial charge < -0.3 is 69.1 Å². The third kappa shape index (κ3) is 15.3. The summed E-state index contributed by atoms with van der Waals surface area (Å²) in [5, 5.41) is 54.0. The first-order chi connectivity index (χ1) is 34.9. The van der Waals surface area contributed by atoms with Crippen LogP contribution >= 0.6 is 0 Å². The Morgan fingerprint density at radius 3 is 2.15 bits per heavy atom. The van der Waals surface area contributed by atoms with Crippen LogP contribution in [0.3, 0.4) is 0 Å². The van der Waals surface area contributed by atoms with Crippen molar-refractivity contribution in [3.63, 3.8) is 0 Å². The molecule has 6 N–H and O–H groups in total. The normalized spacial score (nSPS) is 39.2. The predicted octanol–water partition coefficient (Wildman–Crippen LogP) is 3.67. The lowest BCUT2D eigenvalue weighted by atomic mass is 9.73. The van der Waals surface area contributed by atoms with Crippen LogP contribution in [0, 0.1) is 23.7 Å². The summed E-state index contributed by atoms with van der Waals surface area (Å²) in [6.45, 7) is 18.8. The van der Waals surface area contributed by atoms with Crippen LogP contribution in [-0.2, 0) is 63.8 Å². The highest BCUT2D eigenvalue weighted by Gasteiger charge is 2.59. The predicted molar refractivity (Wildman–Crippen MR) is 278 cm³/mol. The molecule has 4 rings (SSSR count). The molecular formula is C54H92FN3O16S. The second kappa shape index (κ2) is 26.9. The number of hydrogen-bond donors (Lipinski definition) is 6. The van der Waals surface area contributed by atoms with E-state index in [1.165, 1.54) is 40.2 Å². The van der Waals surface area contributed by atoms with Crippen LogP contribution in [0.5, 0.6) is 0 Å². The Labute approximate surface area is 445 Å². The van der Waals surface area contributed by atoms with E-state index in [2.05, 4.69) is 10.6 Å². The molecule has 1 aromatic rings. The molecule has 3 saturated heterocycles. The van der Waals surface area contributed by atoms with Crippen molar-refractivity contribution in [1.29, 1.82) is 0 Å². The molecule has 3 aliphatic rings. The number of rotatable bonds is 20. The maximum Gasteiger partial charge on any atom is 0.311 e. The molecule has 21 heteroatoms. The van der Waals surface area contributed by atoms with Gasteiger partial charge in [0.25, 0.3) is 0 Å². The van der Waals surface area contributed by atoms with Gasteiger partial charge in [-0.3, -0.25) is 14.4 Å². The zero-order valence-corrected chi connectivity index (χ0v) is 48.0. The topological polar surface area (TPSA) is 258 Å². The molecule has 4 unspecified atom stereocenters. The molecule has 19 nitrogen and oxygen atoms in total. The van der Waals surface area contributed by atoms with Gasteiger partial charge in [-0.2, -0.15) is 0 Å². The molecular weight excluding hydrogens is 998 g/mol. The third-order valence-electron chi connectivity index (χ3n) is 16.5. The fourth-order valence-electron chi connectivity index (χ4n) is 11.4. The van der Waals surface area contributed by atoms with E-state index in [1.807, 2.05) is 18.7 Å². The van der Waals surface area contributed by atoms with Crippen LogP contribution < -0.4 is 10.6 Å². The fourth-order valence-corrected chi connectivity index (χ4v) is 12.0. The molecule has 1 amide bonds. The molecule has 0 bridgehead atoms. The largest absolute Gasteiger partial charge is 0.459 e. The van der Waals surface area contributed by atoms with Gasteiger partial charge in [0.05, 0.1) is 53.0 Å². The Morgan fingerprint density at radius 2 is 1.59 bits per heavy atom. The molecule has 432 valence electrons. The van der Waals surface area contributed by atoms with E-state index in [-0.39, 0.29) is 50.1 Å². The lowest BCUT2D eigenvalue weighted by Crippen LogP contribution is -2.70. The number of ketones is 1. The standard InChI is InChI=1S/C54H92FN3O16S/c1-16-23-56-30-54(65)36(8)71-43(28-52(54,10)69-14)73-46-34(6)48(51(9,68-13)27-31(3)44(60)33(5)47(62)53(11,64)41(17-2)72-49(63)35(46)7)74-50-45(61)40(25-32(4)70-50)58(12)24-22-42(59)57-38(29-55)26-37-18-20-39(21-19-37)75(15,66)67/h18-21,31-36,38,40-41,43,45-48,50,56,61-62,64-65H,16-17,22-30H2,1-15H3,(H,57,59)/t31-,32-,33+,34+,35-,36+,38+,40+,41-,43+,45-,46+,47-,48-,50+,51?,52?,53?,54?/m1/s1. The number of ether oxygens (including phenoxy) is 7. The third-order valence-corrected chi connectivity index (χ3v) is 17.7. The van der Waals surface area contributed by atoms with Crippen LogP contribution in [0.2, 0.25) is 0 Å². The summed E-state index contributed by atoms with van der Waals surface area (Å²) in [7, 11) is 1.29. The van der Waals surface area contributed by atoms with E-state index in [9.17, 15) is 47.6 Å². The zero-order chi connectivity index (χ0) is 56.6. The summed E-state index contributed by atoms with van der Waals surface area (Å²) >= 11 is 0. The van der Waals surface area contributed by atoms with Crippen LogP contribution in [0.15, 0.2) is 29.2 Å². The highest BCUT2D eigenvalue weighted by atomic mass is 32.2. The number of carbonyl (C=O) groups is 3. The highest BCUT2D eigenvalue weighted by molar-refractivity contribution is 7.90. The SMILES string of the molecule is CCCNCC1(O)[C@H](C)O[C@@H](O[C@H]2[C@H](C)[C@@H](O[C@@H]3O[C@H](C)C[C@H](N(C)CCC(=O)N[C@H](CF)Cc4ccc(S(C)(=O)=O)cc4)[C@H]3O)C(C)(OC)C[C@@H](C)C(=O)[C@H](C)[C@@H](O)C(C)(O)[C@@H](CC)OC(=O)[C@@H]2C)CC1(C)OC. The Bertz CT molecular complexity index is 2120. The number of sulfone groups is 1. The van der Waals surface area contributed by atoms with Crippen molar-refractivity contribution >= 4 is 27.5 Å². The zero-order valence-electron chi connectivity index (χ0n) is 47.2. The summed E-state index contributed by atoms with van der Waals surface area (Å²) < 4.78 is 83.4. The van der Waals surface area contributed by atoms with E-state index in [0.29, 0.717) is 18.5 Å². The Hall–Kier alpha value is -2.77. The van der Waals surface area contributed by atoms with Gasteiger partial charge in [0.2, 0.25) is 5.91 Å². The van der Waals surface area contributed by atoms with Gasteiger partial charge in [0, 0.05) is 70.2 Å². The molecule has 19 atom stereocenters. The first-order valence-electron chi connectivity index (χ1n) is 26.7. The maximum atomic E-state index is 14.6. The number of esters is 1. The summed E-state index contributed by atoms with van der Waals surface area (Å²) in [4.78, 5) is 44.2. The summed E-state index contributed by atoms with van der Waals surface area (Å²) in [6.07, 6.45) is -7.85.